The lowest BCUT2D eigenvalue weighted by Crippen LogP contribution is -2.32. The fraction of sp³-hybridized carbons (Fsp3) is 0.294. The molecule has 0 radical (unpaired) electrons. The fourth-order valence-electron chi connectivity index (χ4n) is 1.83. The molecule has 1 aromatic carbocycles. The van der Waals surface area contributed by atoms with Crippen molar-refractivity contribution in [3.63, 3.8) is 0 Å². The molecule has 4 nitrogen and oxygen atoms in total. The van der Waals surface area contributed by atoms with E-state index in [1.54, 1.807) is 13.0 Å². The Balaban J connectivity index is 3.07. The van der Waals surface area contributed by atoms with E-state index in [1.807, 2.05) is 36.4 Å². The number of methoxy groups -OCH3 is 2. The Bertz CT molecular complexity index is 547. The maximum absolute atomic E-state index is 11.8. The molecule has 0 saturated carbocycles. The van der Waals surface area contributed by atoms with E-state index in [0.717, 1.165) is 5.56 Å². The lowest BCUT2D eigenvalue weighted by Gasteiger charge is -2.16. The number of hydrogen-bond acceptors (Lipinski definition) is 4. The van der Waals surface area contributed by atoms with Crippen molar-refractivity contribution in [3.8, 4) is 11.8 Å². The fourth-order valence-corrected chi connectivity index (χ4v) is 1.83. The van der Waals surface area contributed by atoms with E-state index < -0.39 is 23.8 Å². The molecule has 21 heavy (non-hydrogen) atoms. The summed E-state index contributed by atoms with van der Waals surface area (Å²) in [4.78, 5) is 23.6. The van der Waals surface area contributed by atoms with Gasteiger partial charge in [0.1, 0.15) is 0 Å². The Kier molecular flexibility index (Phi) is 6.76. The van der Waals surface area contributed by atoms with Crippen LogP contribution in [-0.2, 0) is 19.1 Å². The van der Waals surface area contributed by atoms with Crippen molar-refractivity contribution in [1.29, 1.82) is 0 Å². The molecule has 0 aliphatic heterocycles. The van der Waals surface area contributed by atoms with Crippen LogP contribution in [0.3, 0.4) is 0 Å². The zero-order chi connectivity index (χ0) is 15.7. The predicted molar refractivity (Wildman–Crippen MR) is 79.9 cm³/mol. The maximum atomic E-state index is 11.8. The van der Waals surface area contributed by atoms with Gasteiger partial charge in [0.05, 0.1) is 20.1 Å². The lowest BCUT2D eigenvalue weighted by atomic mass is 9.91. The highest BCUT2D eigenvalue weighted by molar-refractivity contribution is 5.96. The van der Waals surface area contributed by atoms with Gasteiger partial charge in [-0.05, 0) is 12.5 Å². The quantitative estimate of drug-likeness (QED) is 0.473. The summed E-state index contributed by atoms with van der Waals surface area (Å²) in [6.45, 7) is 1.65. The minimum absolute atomic E-state index is 0.602. The summed E-state index contributed by atoms with van der Waals surface area (Å²) in [7, 11) is 2.46. The molecule has 0 spiro atoms. The largest absolute Gasteiger partial charge is 0.468 e. The average Bonchev–Trinajstić information content (AvgIpc) is 2.53. The molecule has 4 heteroatoms. The van der Waals surface area contributed by atoms with Crippen LogP contribution in [-0.4, -0.2) is 26.2 Å². The number of esters is 2. The van der Waals surface area contributed by atoms with Crippen LogP contribution in [0.25, 0.3) is 6.08 Å². The molecule has 0 saturated heterocycles. The molecule has 0 amide bonds. The van der Waals surface area contributed by atoms with Crippen LogP contribution >= 0.6 is 0 Å². The van der Waals surface area contributed by atoms with Crippen molar-refractivity contribution in [3.05, 3.63) is 42.0 Å². The van der Waals surface area contributed by atoms with Gasteiger partial charge in [-0.1, -0.05) is 48.4 Å². The summed E-state index contributed by atoms with van der Waals surface area (Å²) in [6.07, 6.45) is 3.53. The Morgan fingerprint density at radius 1 is 1.10 bits per heavy atom. The molecule has 1 atom stereocenters. The third-order valence-corrected chi connectivity index (χ3v) is 2.88. The predicted octanol–water partition coefficient (Wildman–Crippen LogP) is 2.30. The molecule has 0 fully saturated rings. The van der Waals surface area contributed by atoms with E-state index >= 15 is 0 Å². The van der Waals surface area contributed by atoms with Crippen molar-refractivity contribution >= 4 is 18.0 Å². The molecule has 1 aromatic rings. The van der Waals surface area contributed by atoms with Gasteiger partial charge in [-0.25, -0.2) is 0 Å². The molecule has 0 aromatic heterocycles. The van der Waals surface area contributed by atoms with Gasteiger partial charge < -0.3 is 9.47 Å². The van der Waals surface area contributed by atoms with Crippen molar-refractivity contribution in [1.82, 2.24) is 0 Å². The number of allylic oxidation sites excluding steroid dienone is 1. The van der Waals surface area contributed by atoms with E-state index in [4.69, 9.17) is 0 Å². The molecule has 0 aliphatic rings. The number of rotatable bonds is 5. The SMILES string of the molecule is CC#CC(/C=C/c1ccccc1)C(C(=O)OC)C(=O)OC. The molecule has 0 aliphatic carbocycles. The summed E-state index contributed by atoms with van der Waals surface area (Å²) in [6, 6.07) is 9.54. The second-order valence-corrected chi connectivity index (χ2v) is 4.21. The standard InChI is InChI=1S/C17H18O4/c1-4-8-14(12-11-13-9-6-5-7-10-13)15(16(18)20-2)17(19)21-3/h5-7,9-12,14-15H,1-3H3/b12-11+. The van der Waals surface area contributed by atoms with Crippen LogP contribution < -0.4 is 0 Å². The zero-order valence-corrected chi connectivity index (χ0v) is 12.3. The van der Waals surface area contributed by atoms with E-state index in [9.17, 15) is 9.59 Å². The van der Waals surface area contributed by atoms with Crippen molar-refractivity contribution in [2.45, 2.75) is 6.92 Å². The topological polar surface area (TPSA) is 52.6 Å². The lowest BCUT2D eigenvalue weighted by molar-refractivity contribution is -0.159. The first-order valence-corrected chi connectivity index (χ1v) is 6.45. The van der Waals surface area contributed by atoms with E-state index in [-0.39, 0.29) is 0 Å². The average molecular weight is 286 g/mol. The third-order valence-electron chi connectivity index (χ3n) is 2.88. The third kappa shape index (κ3) is 4.81. The summed E-state index contributed by atoms with van der Waals surface area (Å²) in [5, 5.41) is 0. The first-order valence-electron chi connectivity index (χ1n) is 6.45. The normalized spacial score (nSPS) is 11.6. The molecular weight excluding hydrogens is 268 g/mol. The van der Waals surface area contributed by atoms with Crippen LogP contribution in [0.2, 0.25) is 0 Å². The summed E-state index contributed by atoms with van der Waals surface area (Å²) < 4.78 is 9.35. The molecule has 1 unspecified atom stereocenters. The Labute approximate surface area is 124 Å². The minimum Gasteiger partial charge on any atom is -0.468 e. The van der Waals surface area contributed by atoms with Gasteiger partial charge >= 0.3 is 11.9 Å². The number of ether oxygens (including phenoxy) is 2. The van der Waals surface area contributed by atoms with E-state index in [1.165, 1.54) is 14.2 Å². The number of hydrogen-bond donors (Lipinski definition) is 0. The molecule has 0 heterocycles. The van der Waals surface area contributed by atoms with Crippen LogP contribution in [0.15, 0.2) is 36.4 Å². The van der Waals surface area contributed by atoms with Crippen molar-refractivity contribution in [2.75, 3.05) is 14.2 Å². The van der Waals surface area contributed by atoms with Gasteiger partial charge in [0, 0.05) is 0 Å². The first-order chi connectivity index (χ1) is 10.1. The summed E-state index contributed by atoms with van der Waals surface area (Å²) in [5.74, 6) is 2.56. The van der Waals surface area contributed by atoms with Gasteiger partial charge in [-0.2, -0.15) is 0 Å². The molecule has 1 rings (SSSR count). The van der Waals surface area contributed by atoms with E-state index in [0.29, 0.717) is 0 Å². The Hall–Kier alpha value is -2.54. The molecule has 110 valence electrons. The van der Waals surface area contributed by atoms with Crippen LogP contribution in [0.4, 0.5) is 0 Å². The smallest absolute Gasteiger partial charge is 0.321 e. The molecule has 0 bridgehead atoms. The van der Waals surface area contributed by atoms with Crippen molar-refractivity contribution in [2.24, 2.45) is 11.8 Å². The van der Waals surface area contributed by atoms with Crippen LogP contribution in [0, 0.1) is 23.7 Å². The van der Waals surface area contributed by atoms with Gasteiger partial charge in [0.15, 0.2) is 5.92 Å². The summed E-state index contributed by atoms with van der Waals surface area (Å²) >= 11 is 0. The minimum atomic E-state index is -1.09. The number of carbonyl (C=O) groups is 2. The molecule has 0 N–H and O–H groups in total. The van der Waals surface area contributed by atoms with E-state index in [2.05, 4.69) is 21.3 Å². The highest BCUT2D eigenvalue weighted by atomic mass is 16.5. The van der Waals surface area contributed by atoms with Gasteiger partial charge in [-0.15, -0.1) is 5.92 Å². The zero-order valence-electron chi connectivity index (χ0n) is 12.3. The van der Waals surface area contributed by atoms with Crippen LogP contribution in [0.5, 0.6) is 0 Å². The Morgan fingerprint density at radius 2 is 1.67 bits per heavy atom. The van der Waals surface area contributed by atoms with Gasteiger partial charge in [-0.3, -0.25) is 9.59 Å². The van der Waals surface area contributed by atoms with Gasteiger partial charge in [0.25, 0.3) is 0 Å². The van der Waals surface area contributed by atoms with Crippen LogP contribution in [0.1, 0.15) is 12.5 Å². The number of carbonyl (C=O) groups excluding carboxylic acids is 2. The highest BCUT2D eigenvalue weighted by Gasteiger charge is 2.34. The Morgan fingerprint density at radius 3 is 2.14 bits per heavy atom. The monoisotopic (exact) mass is 286 g/mol. The molecular formula is C17H18O4. The van der Waals surface area contributed by atoms with Gasteiger partial charge in [0.2, 0.25) is 0 Å². The first kappa shape index (κ1) is 16.5. The maximum Gasteiger partial charge on any atom is 0.321 e. The second kappa shape index (κ2) is 8.60. The summed E-state index contributed by atoms with van der Waals surface area (Å²) in [5.41, 5.74) is 0.953. The highest BCUT2D eigenvalue weighted by Crippen LogP contribution is 2.18. The second-order valence-electron chi connectivity index (χ2n) is 4.21. The number of benzene rings is 1. The van der Waals surface area contributed by atoms with Crippen molar-refractivity contribution < 1.29 is 19.1 Å².